The van der Waals surface area contributed by atoms with E-state index in [4.69, 9.17) is 15.8 Å². The Morgan fingerprint density at radius 3 is 2.32 bits per heavy atom. The number of benzene rings is 3. The number of hydrogen-bond donors (Lipinski definition) is 1. The number of rotatable bonds is 8. The number of nitrogens with zero attached hydrogens (tertiary/aromatic N) is 1. The number of hydrogen-bond acceptors (Lipinski definition) is 5. The molecule has 0 bridgehead atoms. The molecule has 0 saturated carbocycles. The van der Waals surface area contributed by atoms with Gasteiger partial charge in [-0.05, 0) is 72.9 Å². The van der Waals surface area contributed by atoms with Crippen molar-refractivity contribution in [1.82, 2.24) is 4.98 Å². The summed E-state index contributed by atoms with van der Waals surface area (Å²) in [7, 11) is -3.87. The van der Waals surface area contributed by atoms with E-state index in [0.29, 0.717) is 28.1 Å². The van der Waals surface area contributed by atoms with Crippen molar-refractivity contribution in [2.75, 3.05) is 6.26 Å². The van der Waals surface area contributed by atoms with Gasteiger partial charge in [0.2, 0.25) is 0 Å². The first-order valence-corrected chi connectivity index (χ1v) is 14.2. The fourth-order valence-electron chi connectivity index (χ4n) is 4.60. The van der Waals surface area contributed by atoms with E-state index >= 15 is 0 Å². The molecule has 1 atom stereocenters. The Morgan fingerprint density at radius 1 is 0.946 bits per heavy atom. The lowest BCUT2D eigenvalue weighted by Gasteiger charge is -2.36. The van der Waals surface area contributed by atoms with E-state index in [9.17, 15) is 13.5 Å². The van der Waals surface area contributed by atoms with Crippen molar-refractivity contribution < 1.29 is 17.7 Å². The molecule has 1 unspecified atom stereocenters. The quantitative estimate of drug-likeness (QED) is 0.248. The zero-order valence-corrected chi connectivity index (χ0v) is 22.8. The second kappa shape index (κ2) is 10.4. The van der Waals surface area contributed by atoms with Gasteiger partial charge in [-0.2, -0.15) is 8.42 Å². The minimum atomic E-state index is -3.87. The second-order valence-corrected chi connectivity index (χ2v) is 11.6. The third-order valence-corrected chi connectivity index (χ3v) is 7.11. The largest absolute Gasteiger partial charge is 0.386 e. The molecule has 0 fully saturated rings. The summed E-state index contributed by atoms with van der Waals surface area (Å²) in [5.74, 6) is 0. The van der Waals surface area contributed by atoms with Gasteiger partial charge in [-0.25, -0.2) is 4.98 Å². The maximum absolute atomic E-state index is 12.5. The lowest BCUT2D eigenvalue weighted by molar-refractivity contribution is 0.0653. The van der Waals surface area contributed by atoms with Crippen molar-refractivity contribution in [3.8, 4) is 0 Å². The monoisotopic (exact) mass is 535 g/mol. The molecule has 0 radical (unpaired) electrons. The van der Waals surface area contributed by atoms with Crippen LogP contribution >= 0.6 is 11.6 Å². The first-order valence-electron chi connectivity index (χ1n) is 12.0. The van der Waals surface area contributed by atoms with Crippen molar-refractivity contribution >= 4 is 44.8 Å². The normalized spacial score (nSPS) is 14.2. The molecule has 0 saturated heterocycles. The third kappa shape index (κ3) is 6.11. The summed E-state index contributed by atoms with van der Waals surface area (Å²) in [6, 6.07) is 24.3. The van der Waals surface area contributed by atoms with Gasteiger partial charge in [0.1, 0.15) is 5.60 Å². The lowest BCUT2D eigenvalue weighted by atomic mass is 9.78. The Kier molecular flexibility index (Phi) is 7.58. The van der Waals surface area contributed by atoms with Crippen LogP contribution in [0.5, 0.6) is 0 Å². The molecule has 7 heteroatoms. The molecule has 37 heavy (non-hydrogen) atoms. The highest BCUT2D eigenvalue weighted by atomic mass is 35.5. The van der Waals surface area contributed by atoms with Crippen LogP contribution in [-0.4, -0.2) is 24.8 Å². The molecular weight excluding hydrogens is 506 g/mol. The van der Waals surface area contributed by atoms with Crippen LogP contribution in [0.25, 0.3) is 23.1 Å². The molecule has 192 valence electrons. The summed E-state index contributed by atoms with van der Waals surface area (Å²) >= 11 is 6.12. The van der Waals surface area contributed by atoms with Crippen LogP contribution in [-0.2, 0) is 25.5 Å². The molecule has 4 rings (SSSR count). The van der Waals surface area contributed by atoms with Crippen LogP contribution in [0.3, 0.4) is 0 Å². The van der Waals surface area contributed by atoms with Crippen LogP contribution in [0, 0.1) is 0 Å². The van der Waals surface area contributed by atoms with E-state index in [-0.39, 0.29) is 0 Å². The number of aromatic nitrogens is 1. The molecule has 0 aliphatic carbocycles. The lowest BCUT2D eigenvalue weighted by Crippen LogP contribution is -2.36. The highest BCUT2D eigenvalue weighted by Gasteiger charge is 2.41. The first kappa shape index (κ1) is 27.0. The number of pyridine rings is 1. The van der Waals surface area contributed by atoms with Crippen molar-refractivity contribution in [2.24, 2.45) is 0 Å². The molecule has 1 aromatic heterocycles. The molecule has 0 spiro atoms. The first-order chi connectivity index (χ1) is 17.4. The van der Waals surface area contributed by atoms with Crippen LogP contribution in [0.1, 0.15) is 55.1 Å². The van der Waals surface area contributed by atoms with E-state index in [2.05, 4.69) is 4.98 Å². The number of halogens is 1. The third-order valence-electron chi connectivity index (χ3n) is 6.29. The summed E-state index contributed by atoms with van der Waals surface area (Å²) in [6.45, 7) is 5.23. The van der Waals surface area contributed by atoms with Crippen LogP contribution in [0.4, 0.5) is 0 Å². The average molecular weight is 536 g/mol. The van der Waals surface area contributed by atoms with E-state index in [1.165, 1.54) is 0 Å². The van der Waals surface area contributed by atoms with Gasteiger partial charge in [-0.3, -0.25) is 4.18 Å². The van der Waals surface area contributed by atoms with Gasteiger partial charge >= 0.3 is 0 Å². The van der Waals surface area contributed by atoms with Crippen molar-refractivity contribution in [2.45, 2.75) is 38.4 Å². The van der Waals surface area contributed by atoms with Crippen LogP contribution < -0.4 is 0 Å². The van der Waals surface area contributed by atoms with Crippen molar-refractivity contribution in [1.29, 1.82) is 0 Å². The van der Waals surface area contributed by atoms with Crippen LogP contribution in [0.15, 0.2) is 78.9 Å². The average Bonchev–Trinajstić information content (AvgIpc) is 2.85. The summed E-state index contributed by atoms with van der Waals surface area (Å²) in [4.78, 5) is 4.67. The molecule has 4 aromatic rings. The predicted octanol–water partition coefficient (Wildman–Crippen LogP) is 6.92. The Hall–Kier alpha value is -3.03. The van der Waals surface area contributed by atoms with Gasteiger partial charge in [0, 0.05) is 10.4 Å². The van der Waals surface area contributed by atoms with E-state index in [1.807, 2.05) is 91.9 Å². The topological polar surface area (TPSA) is 76.5 Å². The zero-order valence-electron chi connectivity index (χ0n) is 21.3. The number of fused-ring (bicyclic) bond motifs is 1. The van der Waals surface area contributed by atoms with Crippen molar-refractivity contribution in [3.63, 3.8) is 0 Å². The minimum Gasteiger partial charge on any atom is -0.386 e. The summed E-state index contributed by atoms with van der Waals surface area (Å²) in [5, 5.41) is 12.5. The Bertz CT molecular complexity index is 1570. The standard InChI is InChI=1S/C30H30ClNO4S/c1-5-30(36-37(4,34)35,27-12-7-6-11-26(27)29(2,3)33)23-10-8-9-21(19-23)13-17-25-18-15-22-14-16-24(31)20-28(22)32-25/h6-20,33H,5H2,1-4H3. The van der Waals surface area contributed by atoms with Gasteiger partial charge < -0.3 is 5.11 Å². The van der Waals surface area contributed by atoms with E-state index in [0.717, 1.165) is 28.4 Å². The van der Waals surface area contributed by atoms with Gasteiger partial charge in [0.15, 0.2) is 0 Å². The van der Waals surface area contributed by atoms with E-state index in [1.54, 1.807) is 19.9 Å². The molecular formula is C30H30ClNO4S. The van der Waals surface area contributed by atoms with Gasteiger partial charge in [0.05, 0.1) is 23.1 Å². The Balaban J connectivity index is 1.81. The molecule has 1 heterocycles. The predicted molar refractivity (Wildman–Crippen MR) is 151 cm³/mol. The SMILES string of the molecule is CCC(OS(C)(=O)=O)(c1cccc(C=Cc2ccc3ccc(Cl)cc3n2)c1)c1ccccc1C(C)(C)O. The highest BCUT2D eigenvalue weighted by molar-refractivity contribution is 7.86. The molecule has 0 aliphatic heterocycles. The second-order valence-electron chi connectivity index (χ2n) is 9.60. The summed E-state index contributed by atoms with van der Waals surface area (Å²) in [6.07, 6.45) is 5.19. The summed E-state index contributed by atoms with van der Waals surface area (Å²) in [5.41, 5.74) is 1.75. The molecule has 5 nitrogen and oxygen atoms in total. The maximum Gasteiger partial charge on any atom is 0.265 e. The fourth-order valence-corrected chi connectivity index (χ4v) is 5.59. The maximum atomic E-state index is 12.5. The Morgan fingerprint density at radius 2 is 1.65 bits per heavy atom. The highest BCUT2D eigenvalue weighted by Crippen LogP contribution is 2.43. The fraction of sp³-hybridized carbons (Fsp3) is 0.233. The van der Waals surface area contributed by atoms with E-state index < -0.39 is 21.3 Å². The molecule has 1 N–H and O–H groups in total. The number of aliphatic hydroxyl groups is 1. The van der Waals surface area contributed by atoms with Gasteiger partial charge in [0.25, 0.3) is 10.1 Å². The van der Waals surface area contributed by atoms with Gasteiger partial charge in [-0.1, -0.05) is 79.2 Å². The molecule has 0 aliphatic rings. The van der Waals surface area contributed by atoms with Gasteiger partial charge in [-0.15, -0.1) is 0 Å². The Labute approximate surface area is 223 Å². The minimum absolute atomic E-state index is 0.327. The molecule has 3 aromatic carbocycles. The zero-order chi connectivity index (χ0) is 26.8. The summed E-state index contributed by atoms with van der Waals surface area (Å²) < 4.78 is 30.9. The molecule has 0 amide bonds. The van der Waals surface area contributed by atoms with Crippen LogP contribution in [0.2, 0.25) is 5.02 Å². The smallest absolute Gasteiger partial charge is 0.265 e. The van der Waals surface area contributed by atoms with Crippen molar-refractivity contribution in [3.05, 3.63) is 112 Å².